The van der Waals surface area contributed by atoms with E-state index in [4.69, 9.17) is 11.6 Å². The molecule has 0 amide bonds. The van der Waals surface area contributed by atoms with E-state index < -0.39 is 4.92 Å². The van der Waals surface area contributed by atoms with Crippen LogP contribution in [-0.4, -0.2) is 12.0 Å². The lowest BCUT2D eigenvalue weighted by atomic mass is 10.1. The third-order valence-corrected chi connectivity index (χ3v) is 1.85. The number of hydrazine groups is 1. The maximum atomic E-state index is 10.7. The Morgan fingerprint density at radius 3 is 2.64 bits per heavy atom. The SMILES string of the molecule is CN(N)c1ccc(CN)cc1[N+](=O)[O-]. The average molecular weight is 196 g/mol. The van der Waals surface area contributed by atoms with Gasteiger partial charge in [-0.1, -0.05) is 6.07 Å². The molecule has 14 heavy (non-hydrogen) atoms. The van der Waals surface area contributed by atoms with Gasteiger partial charge in [0.25, 0.3) is 5.69 Å². The molecule has 76 valence electrons. The molecule has 6 nitrogen and oxygen atoms in total. The van der Waals surface area contributed by atoms with Crippen molar-refractivity contribution in [2.45, 2.75) is 6.54 Å². The van der Waals surface area contributed by atoms with Crippen LogP contribution in [0.25, 0.3) is 0 Å². The Bertz CT molecular complexity index is 351. The predicted molar refractivity (Wildman–Crippen MR) is 53.6 cm³/mol. The monoisotopic (exact) mass is 196 g/mol. The van der Waals surface area contributed by atoms with E-state index in [1.54, 1.807) is 19.2 Å². The highest BCUT2D eigenvalue weighted by molar-refractivity contribution is 5.63. The number of nitrogens with two attached hydrogens (primary N) is 2. The second-order valence-electron chi connectivity index (χ2n) is 2.90. The Kier molecular flexibility index (Phi) is 3.00. The molecule has 0 atom stereocenters. The summed E-state index contributed by atoms with van der Waals surface area (Å²) in [4.78, 5) is 10.2. The summed E-state index contributed by atoms with van der Waals surface area (Å²) < 4.78 is 0. The zero-order chi connectivity index (χ0) is 10.7. The molecule has 0 spiro atoms. The molecule has 0 aromatic heterocycles. The highest BCUT2D eigenvalue weighted by Gasteiger charge is 2.15. The van der Waals surface area contributed by atoms with Crippen molar-refractivity contribution in [3.05, 3.63) is 33.9 Å². The lowest BCUT2D eigenvalue weighted by Crippen LogP contribution is -2.25. The van der Waals surface area contributed by atoms with E-state index in [0.29, 0.717) is 11.3 Å². The first-order chi connectivity index (χ1) is 6.56. The van der Waals surface area contributed by atoms with Gasteiger partial charge in [-0.15, -0.1) is 0 Å². The zero-order valence-electron chi connectivity index (χ0n) is 7.80. The van der Waals surface area contributed by atoms with E-state index in [1.807, 2.05) is 0 Å². The molecule has 1 aromatic carbocycles. The van der Waals surface area contributed by atoms with E-state index >= 15 is 0 Å². The molecular formula is C8H12N4O2. The van der Waals surface area contributed by atoms with Crippen molar-refractivity contribution in [3.63, 3.8) is 0 Å². The summed E-state index contributed by atoms with van der Waals surface area (Å²) in [5.41, 5.74) is 6.43. The molecule has 6 heteroatoms. The number of hydrogen-bond acceptors (Lipinski definition) is 5. The highest BCUT2D eigenvalue weighted by atomic mass is 16.6. The predicted octanol–water partition coefficient (Wildman–Crippen LogP) is 0.363. The van der Waals surface area contributed by atoms with Gasteiger partial charge in [-0.25, -0.2) is 5.84 Å². The van der Waals surface area contributed by atoms with Crippen LogP contribution in [0.1, 0.15) is 5.56 Å². The van der Waals surface area contributed by atoms with Crippen molar-refractivity contribution in [3.8, 4) is 0 Å². The van der Waals surface area contributed by atoms with Crippen LogP contribution < -0.4 is 16.6 Å². The molecule has 0 bridgehead atoms. The van der Waals surface area contributed by atoms with Crippen LogP contribution in [0.3, 0.4) is 0 Å². The molecule has 0 unspecified atom stereocenters. The third-order valence-electron chi connectivity index (χ3n) is 1.85. The summed E-state index contributed by atoms with van der Waals surface area (Å²) in [7, 11) is 1.55. The van der Waals surface area contributed by atoms with Gasteiger partial charge < -0.3 is 10.7 Å². The Balaban J connectivity index is 3.24. The summed E-state index contributed by atoms with van der Waals surface area (Å²) in [6, 6.07) is 4.73. The fourth-order valence-corrected chi connectivity index (χ4v) is 1.14. The van der Waals surface area contributed by atoms with E-state index in [0.717, 1.165) is 0 Å². The van der Waals surface area contributed by atoms with Gasteiger partial charge in [-0.2, -0.15) is 0 Å². The Labute approximate surface area is 81.2 Å². The Hall–Kier alpha value is -1.66. The van der Waals surface area contributed by atoms with Gasteiger partial charge in [-0.3, -0.25) is 10.1 Å². The van der Waals surface area contributed by atoms with Gasteiger partial charge in [0.1, 0.15) is 5.69 Å². The van der Waals surface area contributed by atoms with Crippen LogP contribution in [0.2, 0.25) is 0 Å². The number of anilines is 1. The van der Waals surface area contributed by atoms with E-state index in [-0.39, 0.29) is 12.2 Å². The molecule has 0 saturated heterocycles. The first-order valence-electron chi connectivity index (χ1n) is 4.02. The van der Waals surface area contributed by atoms with Gasteiger partial charge >= 0.3 is 0 Å². The van der Waals surface area contributed by atoms with Gasteiger partial charge in [0.15, 0.2) is 0 Å². The van der Waals surface area contributed by atoms with E-state index in [1.165, 1.54) is 11.1 Å². The van der Waals surface area contributed by atoms with E-state index in [2.05, 4.69) is 0 Å². The van der Waals surface area contributed by atoms with Crippen molar-refractivity contribution in [2.75, 3.05) is 12.1 Å². The van der Waals surface area contributed by atoms with Crippen molar-refractivity contribution in [1.29, 1.82) is 0 Å². The standard InChI is InChI=1S/C8H12N4O2/c1-11(10)7-3-2-6(5-9)4-8(7)12(13)14/h2-4H,5,9-10H2,1H3. The van der Waals surface area contributed by atoms with Crippen molar-refractivity contribution in [2.24, 2.45) is 11.6 Å². The topological polar surface area (TPSA) is 98.4 Å². The van der Waals surface area contributed by atoms with Crippen molar-refractivity contribution < 1.29 is 4.92 Å². The second kappa shape index (κ2) is 4.03. The van der Waals surface area contributed by atoms with Crippen molar-refractivity contribution >= 4 is 11.4 Å². The zero-order valence-corrected chi connectivity index (χ0v) is 7.80. The van der Waals surface area contributed by atoms with Crippen molar-refractivity contribution in [1.82, 2.24) is 0 Å². The second-order valence-corrected chi connectivity index (χ2v) is 2.90. The molecule has 4 N–H and O–H groups in total. The number of rotatable bonds is 3. The fourth-order valence-electron chi connectivity index (χ4n) is 1.14. The summed E-state index contributed by atoms with van der Waals surface area (Å²) in [5.74, 6) is 5.44. The average Bonchev–Trinajstić information content (AvgIpc) is 2.16. The first-order valence-corrected chi connectivity index (χ1v) is 4.02. The molecule has 0 aliphatic heterocycles. The summed E-state index contributed by atoms with van der Waals surface area (Å²) in [6.45, 7) is 0.273. The smallest absolute Gasteiger partial charge is 0.294 e. The molecule has 0 heterocycles. The first kappa shape index (κ1) is 10.4. The molecule has 1 aromatic rings. The fraction of sp³-hybridized carbons (Fsp3) is 0.250. The van der Waals surface area contributed by atoms with Crippen LogP contribution in [0.5, 0.6) is 0 Å². The maximum absolute atomic E-state index is 10.7. The van der Waals surface area contributed by atoms with E-state index in [9.17, 15) is 10.1 Å². The normalized spacial score (nSPS) is 9.93. The summed E-state index contributed by atoms with van der Waals surface area (Å²) in [5, 5.41) is 11.9. The number of nitro groups is 1. The lowest BCUT2D eigenvalue weighted by molar-refractivity contribution is -0.384. The van der Waals surface area contributed by atoms with Crippen LogP contribution in [0, 0.1) is 10.1 Å². The summed E-state index contributed by atoms with van der Waals surface area (Å²) in [6.07, 6.45) is 0. The molecule has 0 saturated carbocycles. The van der Waals surface area contributed by atoms with Crippen LogP contribution in [0.15, 0.2) is 18.2 Å². The third kappa shape index (κ3) is 1.98. The highest BCUT2D eigenvalue weighted by Crippen LogP contribution is 2.26. The molecular weight excluding hydrogens is 184 g/mol. The van der Waals surface area contributed by atoms with Crippen LogP contribution in [-0.2, 0) is 6.54 Å². The van der Waals surface area contributed by atoms with Gasteiger partial charge in [0, 0.05) is 19.7 Å². The summed E-state index contributed by atoms with van der Waals surface area (Å²) >= 11 is 0. The lowest BCUT2D eigenvalue weighted by Gasteiger charge is -2.12. The molecule has 0 aliphatic rings. The minimum Gasteiger partial charge on any atom is -0.326 e. The number of nitrogens with zero attached hydrogens (tertiary/aromatic N) is 2. The quantitative estimate of drug-likeness (QED) is 0.413. The Morgan fingerprint density at radius 1 is 1.57 bits per heavy atom. The van der Waals surface area contributed by atoms with Gasteiger partial charge in [0.2, 0.25) is 0 Å². The Morgan fingerprint density at radius 2 is 2.21 bits per heavy atom. The molecule has 0 fully saturated rings. The van der Waals surface area contributed by atoms with Gasteiger partial charge in [0.05, 0.1) is 4.92 Å². The number of hydrogen-bond donors (Lipinski definition) is 2. The largest absolute Gasteiger partial charge is 0.326 e. The molecule has 0 radical (unpaired) electrons. The molecule has 1 rings (SSSR count). The van der Waals surface area contributed by atoms with Crippen LogP contribution >= 0.6 is 0 Å². The van der Waals surface area contributed by atoms with Gasteiger partial charge in [-0.05, 0) is 11.6 Å². The number of benzene rings is 1. The minimum atomic E-state index is -0.474. The number of nitro benzene ring substituents is 1. The maximum Gasteiger partial charge on any atom is 0.294 e. The molecule has 0 aliphatic carbocycles. The van der Waals surface area contributed by atoms with Crippen LogP contribution in [0.4, 0.5) is 11.4 Å². The minimum absolute atomic E-state index is 0.0297.